The fourth-order valence-corrected chi connectivity index (χ4v) is 3.33. The first kappa shape index (κ1) is 17.5. The minimum Gasteiger partial charge on any atom is -0.258 e. The molecule has 0 aliphatic carbocycles. The highest BCUT2D eigenvalue weighted by Crippen LogP contribution is 2.40. The van der Waals surface area contributed by atoms with Crippen molar-refractivity contribution < 1.29 is 23.0 Å². The number of alkyl halides is 3. The fraction of sp³-hybridized carbons (Fsp3) is 0.0714. The van der Waals surface area contributed by atoms with Gasteiger partial charge in [0, 0.05) is 12.1 Å². The van der Waals surface area contributed by atoms with E-state index in [1.807, 2.05) is 0 Å². The summed E-state index contributed by atoms with van der Waals surface area (Å²) in [6.07, 6.45) is -5.03. The molecular weight excluding hydrogens is 379 g/mol. The van der Waals surface area contributed by atoms with Gasteiger partial charge in [0.05, 0.1) is 25.6 Å². The molecule has 0 atom stereocenters. The third-order valence-corrected chi connectivity index (χ3v) is 4.42. The summed E-state index contributed by atoms with van der Waals surface area (Å²) in [4.78, 5) is 31.8. The Bertz CT molecular complexity index is 1080. The van der Waals surface area contributed by atoms with Crippen LogP contribution in [-0.2, 0) is 6.18 Å². The molecule has 26 heavy (non-hydrogen) atoms. The lowest BCUT2D eigenvalue weighted by Gasteiger charge is -2.10. The summed E-state index contributed by atoms with van der Waals surface area (Å²) in [5, 5.41) is 22.6. The lowest BCUT2D eigenvalue weighted by molar-refractivity contribution is -0.394. The number of hydrogen-bond acceptors (Lipinski definition) is 6. The van der Waals surface area contributed by atoms with Crippen LogP contribution in [-0.4, -0.2) is 14.4 Å². The Kier molecular flexibility index (Phi) is 3.99. The Morgan fingerprint density at radius 3 is 2.04 bits per heavy atom. The van der Waals surface area contributed by atoms with Crippen molar-refractivity contribution in [2.45, 2.75) is 6.18 Å². The predicted molar refractivity (Wildman–Crippen MR) is 85.7 cm³/mol. The average molecular weight is 385 g/mol. The van der Waals surface area contributed by atoms with Gasteiger partial charge in [0.25, 0.3) is 0 Å². The number of thiazole rings is 1. The van der Waals surface area contributed by atoms with E-state index in [1.54, 1.807) is 6.07 Å². The topological polar surface area (TPSA) is 108 Å². The van der Waals surface area contributed by atoms with Crippen LogP contribution in [0.3, 0.4) is 0 Å². The second kappa shape index (κ2) is 5.91. The van der Waals surface area contributed by atoms with Gasteiger partial charge >= 0.3 is 22.4 Å². The van der Waals surface area contributed by atoms with E-state index < -0.39 is 43.5 Å². The highest BCUT2D eigenvalue weighted by molar-refractivity contribution is 7.16. The van der Waals surface area contributed by atoms with Gasteiger partial charge in [0.15, 0.2) is 0 Å². The summed E-state index contributed by atoms with van der Waals surface area (Å²) in [6.45, 7) is 0. The van der Waals surface area contributed by atoms with E-state index in [0.29, 0.717) is 20.6 Å². The number of para-hydroxylation sites is 1. The number of nitrogens with zero attached hydrogens (tertiary/aromatic N) is 3. The number of nitro groups is 2. The number of halogens is 3. The Morgan fingerprint density at radius 1 is 1.00 bits per heavy atom. The summed E-state index contributed by atoms with van der Waals surface area (Å²) < 4.78 is 40.0. The first-order chi connectivity index (χ1) is 12.1. The summed E-state index contributed by atoms with van der Waals surface area (Å²) in [5.74, 6) is 0. The second-order valence-electron chi connectivity index (χ2n) is 5.05. The normalized spacial score (nSPS) is 11.7. The molecule has 12 heteroatoms. The average Bonchev–Trinajstić information content (AvgIpc) is 2.88. The number of rotatable bonds is 3. The first-order valence-corrected chi connectivity index (χ1v) is 7.58. The lowest BCUT2D eigenvalue weighted by atomic mass is 10.1. The van der Waals surface area contributed by atoms with Gasteiger partial charge in [-0.25, -0.2) is 0 Å². The number of aromatic nitrogens is 1. The van der Waals surface area contributed by atoms with Crippen molar-refractivity contribution in [3.05, 3.63) is 71.9 Å². The zero-order chi connectivity index (χ0) is 19.2. The van der Waals surface area contributed by atoms with Crippen LogP contribution in [0.4, 0.5) is 24.5 Å². The van der Waals surface area contributed by atoms with E-state index in [2.05, 4.69) is 0 Å². The zero-order valence-corrected chi connectivity index (χ0v) is 13.2. The highest BCUT2D eigenvalue weighted by atomic mass is 32.1. The lowest BCUT2D eigenvalue weighted by Crippen LogP contribution is -2.16. The first-order valence-electron chi connectivity index (χ1n) is 6.76. The van der Waals surface area contributed by atoms with Gasteiger partial charge in [-0.05, 0) is 12.1 Å². The van der Waals surface area contributed by atoms with Gasteiger partial charge in [-0.15, -0.1) is 0 Å². The minimum absolute atomic E-state index is 0.119. The van der Waals surface area contributed by atoms with E-state index in [-0.39, 0.29) is 17.6 Å². The smallest absolute Gasteiger partial charge is 0.258 e. The second-order valence-corrected chi connectivity index (χ2v) is 6.04. The van der Waals surface area contributed by atoms with E-state index in [9.17, 15) is 38.2 Å². The molecule has 2 aromatic carbocycles. The third kappa shape index (κ3) is 2.79. The molecule has 0 fully saturated rings. The van der Waals surface area contributed by atoms with Crippen molar-refractivity contribution >= 4 is 32.9 Å². The Morgan fingerprint density at radius 2 is 1.54 bits per heavy atom. The molecule has 134 valence electrons. The molecule has 0 saturated carbocycles. The van der Waals surface area contributed by atoms with E-state index in [4.69, 9.17) is 0 Å². The molecule has 3 rings (SSSR count). The van der Waals surface area contributed by atoms with Gasteiger partial charge in [-0.1, -0.05) is 23.5 Å². The molecule has 0 saturated heterocycles. The van der Waals surface area contributed by atoms with Crippen molar-refractivity contribution in [2.75, 3.05) is 0 Å². The Labute approximate surface area is 145 Å². The van der Waals surface area contributed by atoms with Crippen molar-refractivity contribution in [1.29, 1.82) is 0 Å². The predicted octanol–water partition coefficient (Wildman–Crippen LogP) is 3.89. The molecule has 1 heterocycles. The van der Waals surface area contributed by atoms with E-state index in [1.165, 1.54) is 18.2 Å². The molecule has 0 amide bonds. The molecule has 0 aliphatic heterocycles. The Balaban J connectivity index is 2.50. The van der Waals surface area contributed by atoms with Crippen LogP contribution in [0.1, 0.15) is 5.56 Å². The van der Waals surface area contributed by atoms with Crippen LogP contribution < -0.4 is 4.87 Å². The number of hydrogen-bond donors (Lipinski definition) is 0. The molecule has 0 bridgehead atoms. The molecule has 3 aromatic rings. The van der Waals surface area contributed by atoms with Crippen molar-refractivity contribution in [1.82, 2.24) is 4.57 Å². The molecule has 0 N–H and O–H groups in total. The van der Waals surface area contributed by atoms with Crippen molar-refractivity contribution in [2.24, 2.45) is 0 Å². The molecular formula is C14H6F3N3O5S. The van der Waals surface area contributed by atoms with Crippen molar-refractivity contribution in [3.63, 3.8) is 0 Å². The summed E-state index contributed by atoms with van der Waals surface area (Å²) in [6, 6.07) is 6.34. The maximum atomic E-state index is 13.0. The summed E-state index contributed by atoms with van der Waals surface area (Å²) in [7, 11) is 0. The van der Waals surface area contributed by atoms with Crippen LogP contribution in [0.25, 0.3) is 15.9 Å². The standard InChI is InChI=1S/C14H6F3N3O5S/c15-14(16,17)7-5-9(19(22)23)12(10(6-7)20(24)25)18-8-3-1-2-4-11(8)26-13(18)21/h1-6H. The van der Waals surface area contributed by atoms with Gasteiger partial charge in [0.1, 0.15) is 0 Å². The summed E-state index contributed by atoms with van der Waals surface area (Å²) >= 11 is 0.664. The maximum absolute atomic E-state index is 13.0. The fourth-order valence-electron chi connectivity index (χ4n) is 2.45. The zero-order valence-electron chi connectivity index (χ0n) is 12.4. The highest BCUT2D eigenvalue weighted by Gasteiger charge is 2.39. The SMILES string of the molecule is O=c1sc2ccccc2n1-c1c([N+](=O)[O-])cc(C(F)(F)F)cc1[N+](=O)[O-]. The largest absolute Gasteiger partial charge is 0.416 e. The van der Waals surface area contributed by atoms with Gasteiger partial charge in [-0.2, -0.15) is 13.2 Å². The van der Waals surface area contributed by atoms with E-state index >= 15 is 0 Å². The van der Waals surface area contributed by atoms with Crippen molar-refractivity contribution in [3.8, 4) is 5.69 Å². The van der Waals surface area contributed by atoms with Crippen LogP contribution >= 0.6 is 11.3 Å². The van der Waals surface area contributed by atoms with Gasteiger partial charge < -0.3 is 0 Å². The molecule has 0 radical (unpaired) electrons. The minimum atomic E-state index is -5.03. The number of benzene rings is 2. The third-order valence-electron chi connectivity index (χ3n) is 3.50. The van der Waals surface area contributed by atoms with Crippen LogP contribution in [0.2, 0.25) is 0 Å². The molecule has 1 aromatic heterocycles. The maximum Gasteiger partial charge on any atom is 0.416 e. The number of fused-ring (bicyclic) bond motifs is 1. The quantitative estimate of drug-likeness (QED) is 0.502. The molecule has 0 aliphatic rings. The van der Waals surface area contributed by atoms with Crippen LogP contribution in [0.15, 0.2) is 41.2 Å². The van der Waals surface area contributed by atoms with Crippen LogP contribution in [0.5, 0.6) is 0 Å². The number of nitro benzene ring substituents is 2. The Hall–Kier alpha value is -3.28. The molecule has 0 spiro atoms. The molecule has 8 nitrogen and oxygen atoms in total. The van der Waals surface area contributed by atoms with Crippen LogP contribution in [0, 0.1) is 20.2 Å². The molecule has 0 unspecified atom stereocenters. The van der Waals surface area contributed by atoms with Gasteiger partial charge in [0.2, 0.25) is 5.69 Å². The monoisotopic (exact) mass is 385 g/mol. The van der Waals surface area contributed by atoms with E-state index in [0.717, 1.165) is 0 Å². The van der Waals surface area contributed by atoms with Gasteiger partial charge in [-0.3, -0.25) is 29.6 Å². The summed E-state index contributed by atoms with van der Waals surface area (Å²) in [5.41, 5.74) is -4.61.